The van der Waals surface area contributed by atoms with Crippen LogP contribution in [0.4, 0.5) is 5.69 Å². The molecule has 0 radical (unpaired) electrons. The lowest BCUT2D eigenvalue weighted by Gasteiger charge is -2.40. The van der Waals surface area contributed by atoms with Crippen molar-refractivity contribution < 1.29 is 18.7 Å². The van der Waals surface area contributed by atoms with Crippen molar-refractivity contribution in [2.75, 3.05) is 46.3 Å². The zero-order valence-electron chi connectivity index (χ0n) is 21.0. The van der Waals surface area contributed by atoms with Gasteiger partial charge in [0, 0.05) is 25.9 Å². The topological polar surface area (TPSA) is 74.0 Å². The summed E-state index contributed by atoms with van der Waals surface area (Å²) in [4.78, 5) is 13.9. The van der Waals surface area contributed by atoms with E-state index in [1.54, 1.807) is 19.0 Å². The second-order valence-corrected chi connectivity index (χ2v) is 15.0. The summed E-state index contributed by atoms with van der Waals surface area (Å²) < 4.78 is 16.4. The fourth-order valence-corrected chi connectivity index (χ4v) is 4.80. The molecule has 3 rings (SSSR count). The van der Waals surface area contributed by atoms with Gasteiger partial charge in [-0.2, -0.15) is 0 Å². The van der Waals surface area contributed by atoms with E-state index in [9.17, 15) is 4.79 Å². The average molecular weight is 463 g/mol. The van der Waals surface area contributed by atoms with Crippen LogP contribution >= 0.6 is 0 Å². The van der Waals surface area contributed by atoms with Crippen LogP contribution < -0.4 is 5.73 Å². The summed E-state index contributed by atoms with van der Waals surface area (Å²) in [7, 11) is 1.76. The Morgan fingerprint density at radius 1 is 1.12 bits per heavy atom. The largest absolute Gasteiger partial charge is 0.414 e. The van der Waals surface area contributed by atoms with Crippen molar-refractivity contribution in [1.82, 2.24) is 4.90 Å². The molecule has 1 fully saturated rings. The first kappa shape index (κ1) is 26.6. The van der Waals surface area contributed by atoms with Gasteiger partial charge in [0.05, 0.1) is 32.0 Å². The van der Waals surface area contributed by atoms with E-state index in [1.165, 1.54) is 5.57 Å². The maximum absolute atomic E-state index is 12.3. The SMILES string of the molecule is C1COCCO1.CN(C)C(=O)c1cc(C2=CCC(O[Si](C)(C)C(C)(C)C)CC2)ccc1N. The summed E-state index contributed by atoms with van der Waals surface area (Å²) in [6.45, 7) is 14.6. The highest BCUT2D eigenvalue weighted by molar-refractivity contribution is 6.74. The van der Waals surface area contributed by atoms with Gasteiger partial charge in [0.25, 0.3) is 5.91 Å². The monoisotopic (exact) mass is 462 g/mol. The highest BCUT2D eigenvalue weighted by Gasteiger charge is 2.39. The standard InChI is InChI=1S/C21H34N2O2Si.C4H8O2/c1-21(2,3)26(6,7)25-17-11-8-15(9-12-17)16-10-13-19(22)18(14-16)20(24)23(4)5;1-2-6-4-3-5-1/h8,10,13-14,17H,9,11-12,22H2,1-7H3;1-4H2. The lowest BCUT2D eigenvalue weighted by Crippen LogP contribution is -2.44. The molecule has 1 amide bonds. The molecule has 0 saturated carbocycles. The number of ether oxygens (including phenoxy) is 2. The van der Waals surface area contributed by atoms with Crippen molar-refractivity contribution in [2.45, 2.75) is 64.3 Å². The predicted molar refractivity (Wildman–Crippen MR) is 134 cm³/mol. The summed E-state index contributed by atoms with van der Waals surface area (Å²) in [5.74, 6) is -0.0557. The number of nitrogen functional groups attached to an aromatic ring is 1. The van der Waals surface area contributed by atoms with Gasteiger partial charge in [-0.1, -0.05) is 32.9 Å². The van der Waals surface area contributed by atoms with Crippen molar-refractivity contribution in [3.05, 3.63) is 35.4 Å². The Balaban J connectivity index is 0.000000520. The molecular formula is C25H42N2O4Si. The number of nitrogens with zero attached hydrogens (tertiary/aromatic N) is 1. The highest BCUT2D eigenvalue weighted by atomic mass is 28.4. The normalized spacial score (nSPS) is 19.5. The Labute approximate surface area is 195 Å². The number of rotatable bonds is 4. The zero-order valence-corrected chi connectivity index (χ0v) is 22.0. The lowest BCUT2D eigenvalue weighted by atomic mass is 9.91. The Hall–Kier alpha value is -1.67. The first-order valence-electron chi connectivity index (χ1n) is 11.6. The molecule has 1 unspecified atom stereocenters. The molecule has 1 aliphatic carbocycles. The molecular weight excluding hydrogens is 420 g/mol. The molecule has 1 aliphatic heterocycles. The molecule has 32 heavy (non-hydrogen) atoms. The number of carbonyl (C=O) groups is 1. The van der Waals surface area contributed by atoms with Crippen LogP contribution in [0.2, 0.25) is 18.1 Å². The van der Waals surface area contributed by atoms with E-state index in [4.69, 9.17) is 19.6 Å². The summed E-state index contributed by atoms with van der Waals surface area (Å²) >= 11 is 0. The number of amides is 1. The van der Waals surface area contributed by atoms with Crippen LogP contribution in [0.1, 0.15) is 56.0 Å². The zero-order chi connectivity index (χ0) is 23.9. The average Bonchev–Trinajstić information content (AvgIpc) is 2.75. The number of anilines is 1. The van der Waals surface area contributed by atoms with Gasteiger partial charge in [-0.05, 0) is 60.7 Å². The molecule has 1 heterocycles. The van der Waals surface area contributed by atoms with Crippen LogP contribution in [-0.2, 0) is 13.9 Å². The summed E-state index contributed by atoms with van der Waals surface area (Å²) in [5.41, 5.74) is 9.49. The van der Waals surface area contributed by atoms with Gasteiger partial charge in [-0.25, -0.2) is 0 Å². The van der Waals surface area contributed by atoms with Gasteiger partial charge in [-0.15, -0.1) is 0 Å². The Morgan fingerprint density at radius 2 is 1.72 bits per heavy atom. The second kappa shape index (κ2) is 11.5. The van der Waals surface area contributed by atoms with E-state index < -0.39 is 8.32 Å². The maximum atomic E-state index is 12.3. The van der Waals surface area contributed by atoms with Crippen LogP contribution in [-0.4, -0.2) is 65.8 Å². The Kier molecular flexibility index (Phi) is 9.51. The minimum Gasteiger partial charge on any atom is -0.414 e. The van der Waals surface area contributed by atoms with Crippen LogP contribution in [0, 0.1) is 0 Å². The molecule has 1 saturated heterocycles. The van der Waals surface area contributed by atoms with Crippen molar-refractivity contribution in [3.63, 3.8) is 0 Å². The van der Waals surface area contributed by atoms with Gasteiger partial charge >= 0.3 is 0 Å². The number of carbonyl (C=O) groups excluding carboxylic acids is 1. The van der Waals surface area contributed by atoms with E-state index in [0.717, 1.165) is 51.3 Å². The van der Waals surface area contributed by atoms with Crippen molar-refractivity contribution >= 4 is 25.5 Å². The Bertz CT molecular complexity index is 784. The molecule has 1 atom stereocenters. The minimum absolute atomic E-state index is 0.0557. The molecule has 0 bridgehead atoms. The number of hydrogen-bond donors (Lipinski definition) is 1. The molecule has 7 heteroatoms. The maximum Gasteiger partial charge on any atom is 0.255 e. The number of benzene rings is 1. The molecule has 180 valence electrons. The molecule has 1 aromatic carbocycles. The summed E-state index contributed by atoms with van der Waals surface area (Å²) in [5, 5.41) is 0.232. The molecule has 2 aliphatic rings. The number of hydrogen-bond acceptors (Lipinski definition) is 5. The molecule has 0 spiro atoms. The third kappa shape index (κ3) is 7.44. The Morgan fingerprint density at radius 3 is 2.16 bits per heavy atom. The van der Waals surface area contributed by atoms with E-state index in [1.807, 2.05) is 18.2 Å². The van der Waals surface area contributed by atoms with Gasteiger partial charge in [0.2, 0.25) is 0 Å². The molecule has 2 N–H and O–H groups in total. The van der Waals surface area contributed by atoms with E-state index >= 15 is 0 Å². The van der Waals surface area contributed by atoms with Gasteiger partial charge in [-0.3, -0.25) is 4.79 Å². The van der Waals surface area contributed by atoms with Crippen molar-refractivity contribution in [1.29, 1.82) is 0 Å². The first-order chi connectivity index (χ1) is 14.9. The second-order valence-electron chi connectivity index (χ2n) is 10.2. The van der Waals surface area contributed by atoms with Crippen molar-refractivity contribution in [2.24, 2.45) is 0 Å². The van der Waals surface area contributed by atoms with E-state index in [2.05, 4.69) is 39.9 Å². The highest BCUT2D eigenvalue weighted by Crippen LogP contribution is 2.39. The third-order valence-electron chi connectivity index (χ3n) is 6.43. The quantitative estimate of drug-likeness (QED) is 0.506. The van der Waals surface area contributed by atoms with Crippen LogP contribution in [0.25, 0.3) is 5.57 Å². The summed E-state index contributed by atoms with van der Waals surface area (Å²) in [6.07, 6.45) is 5.51. The van der Waals surface area contributed by atoms with E-state index in [-0.39, 0.29) is 10.9 Å². The third-order valence-corrected chi connectivity index (χ3v) is 11.0. The fraction of sp³-hybridized carbons (Fsp3) is 0.640. The van der Waals surface area contributed by atoms with Crippen LogP contribution in [0.5, 0.6) is 0 Å². The molecule has 0 aromatic heterocycles. The van der Waals surface area contributed by atoms with E-state index in [0.29, 0.717) is 17.4 Å². The van der Waals surface area contributed by atoms with Gasteiger partial charge in [0.15, 0.2) is 8.32 Å². The predicted octanol–water partition coefficient (Wildman–Crippen LogP) is 4.96. The molecule has 1 aromatic rings. The van der Waals surface area contributed by atoms with Gasteiger partial charge in [0.1, 0.15) is 0 Å². The van der Waals surface area contributed by atoms with Crippen LogP contribution in [0.15, 0.2) is 24.3 Å². The summed E-state index contributed by atoms with van der Waals surface area (Å²) in [6, 6.07) is 5.78. The fourth-order valence-electron chi connectivity index (χ4n) is 3.39. The molecule has 6 nitrogen and oxygen atoms in total. The van der Waals surface area contributed by atoms with Crippen molar-refractivity contribution in [3.8, 4) is 0 Å². The number of nitrogens with two attached hydrogens (primary N) is 1. The van der Waals surface area contributed by atoms with Crippen LogP contribution in [0.3, 0.4) is 0 Å². The number of allylic oxidation sites excluding steroid dienone is 1. The van der Waals surface area contributed by atoms with Gasteiger partial charge < -0.3 is 24.5 Å². The minimum atomic E-state index is -1.73. The first-order valence-corrected chi connectivity index (χ1v) is 14.5. The smallest absolute Gasteiger partial charge is 0.255 e. The lowest BCUT2D eigenvalue weighted by molar-refractivity contribution is -0.0334.